The molecule has 0 spiro atoms. The van der Waals surface area contributed by atoms with Crippen molar-refractivity contribution in [3.8, 4) is 0 Å². The average Bonchev–Trinajstić information content (AvgIpc) is 2.76. The standard InChI is InChI=1S/C23H24F6N2O.ClH/c1-14(16-10-17(22(24,25)26)12-18(11-16)23(27,28)29)31(2)21(32)19-8-9-30-13-20(19)15-6-4-3-5-7-15;/h3-7,10-12,14,19-20,30H,8-9,13H2,1-2H3;1H/t14-,19+,20+;/m1./s1. The smallest absolute Gasteiger partial charge is 0.339 e. The van der Waals surface area contributed by atoms with Gasteiger partial charge >= 0.3 is 12.4 Å². The molecule has 1 aliphatic rings. The van der Waals surface area contributed by atoms with E-state index in [1.165, 1.54) is 18.9 Å². The highest BCUT2D eigenvalue weighted by molar-refractivity contribution is 5.85. The van der Waals surface area contributed by atoms with E-state index in [2.05, 4.69) is 5.32 Å². The molecule has 0 saturated carbocycles. The number of alkyl halides is 6. The largest absolute Gasteiger partial charge is 0.416 e. The number of hydrogen-bond acceptors (Lipinski definition) is 2. The molecule has 3 atom stereocenters. The molecule has 1 heterocycles. The summed E-state index contributed by atoms with van der Waals surface area (Å²) in [7, 11) is 1.42. The van der Waals surface area contributed by atoms with Crippen molar-refractivity contribution in [3.63, 3.8) is 0 Å². The molecule has 0 bridgehead atoms. The van der Waals surface area contributed by atoms with E-state index in [9.17, 15) is 31.1 Å². The second-order valence-corrected chi connectivity index (χ2v) is 8.08. The zero-order chi connectivity index (χ0) is 23.7. The minimum atomic E-state index is -4.94. The third kappa shape index (κ3) is 6.20. The van der Waals surface area contributed by atoms with Crippen molar-refractivity contribution in [1.82, 2.24) is 10.2 Å². The molecule has 3 nitrogen and oxygen atoms in total. The van der Waals surface area contributed by atoms with E-state index in [1.807, 2.05) is 30.3 Å². The lowest BCUT2D eigenvalue weighted by Gasteiger charge is -2.36. The first-order valence-electron chi connectivity index (χ1n) is 10.2. The fourth-order valence-corrected chi connectivity index (χ4v) is 4.10. The molecule has 2 aromatic carbocycles. The number of nitrogens with zero attached hydrogens (tertiary/aromatic N) is 1. The zero-order valence-corrected chi connectivity index (χ0v) is 18.8. The number of amides is 1. The summed E-state index contributed by atoms with van der Waals surface area (Å²) in [6, 6.07) is 9.87. The maximum atomic E-state index is 13.3. The average molecular weight is 495 g/mol. The maximum Gasteiger partial charge on any atom is 0.416 e. The normalized spacial score (nSPS) is 20.0. The minimum absolute atomic E-state index is 0. The van der Waals surface area contributed by atoms with Crippen LogP contribution in [0.15, 0.2) is 48.5 Å². The molecule has 0 radical (unpaired) electrons. The van der Waals surface area contributed by atoms with Crippen LogP contribution in [0.25, 0.3) is 0 Å². The summed E-state index contributed by atoms with van der Waals surface area (Å²) < 4.78 is 79.4. The van der Waals surface area contributed by atoms with Crippen molar-refractivity contribution < 1.29 is 31.1 Å². The van der Waals surface area contributed by atoms with Crippen LogP contribution in [0.5, 0.6) is 0 Å². The fraction of sp³-hybridized carbons (Fsp3) is 0.435. The Balaban J connectivity index is 0.00000385. The van der Waals surface area contributed by atoms with Crippen molar-refractivity contribution in [3.05, 3.63) is 70.8 Å². The molecule has 3 rings (SSSR count). The van der Waals surface area contributed by atoms with E-state index in [0.29, 0.717) is 31.6 Å². The van der Waals surface area contributed by atoms with Gasteiger partial charge in [0.25, 0.3) is 0 Å². The molecular formula is C23H25ClF6N2O. The molecule has 1 aliphatic heterocycles. The Morgan fingerprint density at radius 2 is 1.55 bits per heavy atom. The monoisotopic (exact) mass is 494 g/mol. The fourth-order valence-electron chi connectivity index (χ4n) is 4.10. The van der Waals surface area contributed by atoms with Gasteiger partial charge in [-0.2, -0.15) is 26.3 Å². The van der Waals surface area contributed by atoms with Gasteiger partial charge in [0.1, 0.15) is 0 Å². The Hall–Kier alpha value is -2.26. The van der Waals surface area contributed by atoms with Crippen LogP contribution in [0.4, 0.5) is 26.3 Å². The zero-order valence-electron chi connectivity index (χ0n) is 18.0. The van der Waals surface area contributed by atoms with Crippen LogP contribution in [0.1, 0.15) is 47.6 Å². The van der Waals surface area contributed by atoms with Crippen LogP contribution in [0.2, 0.25) is 0 Å². The van der Waals surface area contributed by atoms with Crippen LogP contribution in [-0.2, 0) is 17.1 Å². The summed E-state index contributed by atoms with van der Waals surface area (Å²) in [6.45, 7) is 2.60. The quantitative estimate of drug-likeness (QED) is 0.524. The first-order chi connectivity index (χ1) is 14.9. The lowest BCUT2D eigenvalue weighted by Crippen LogP contribution is -2.44. The molecule has 0 unspecified atom stereocenters. The van der Waals surface area contributed by atoms with E-state index in [-0.39, 0.29) is 35.9 Å². The van der Waals surface area contributed by atoms with Gasteiger partial charge in [-0.15, -0.1) is 12.4 Å². The van der Waals surface area contributed by atoms with Crippen LogP contribution >= 0.6 is 12.4 Å². The lowest BCUT2D eigenvalue weighted by atomic mass is 9.80. The molecule has 33 heavy (non-hydrogen) atoms. The van der Waals surface area contributed by atoms with Gasteiger partial charge in [0.15, 0.2) is 0 Å². The summed E-state index contributed by atoms with van der Waals surface area (Å²) in [5.74, 6) is -0.878. The Labute approximate surface area is 194 Å². The van der Waals surface area contributed by atoms with E-state index < -0.39 is 35.4 Å². The summed E-state index contributed by atoms with van der Waals surface area (Å²) in [6.07, 6.45) is -9.36. The number of piperidine rings is 1. The minimum Gasteiger partial charge on any atom is -0.339 e. The highest BCUT2D eigenvalue weighted by Crippen LogP contribution is 2.39. The van der Waals surface area contributed by atoms with Crippen LogP contribution in [0, 0.1) is 5.92 Å². The first-order valence-corrected chi connectivity index (χ1v) is 10.2. The maximum absolute atomic E-state index is 13.3. The van der Waals surface area contributed by atoms with Gasteiger partial charge < -0.3 is 10.2 Å². The van der Waals surface area contributed by atoms with E-state index in [0.717, 1.165) is 5.56 Å². The number of benzene rings is 2. The van der Waals surface area contributed by atoms with E-state index >= 15 is 0 Å². The third-order valence-electron chi connectivity index (χ3n) is 6.05. The molecule has 182 valence electrons. The predicted molar refractivity (Wildman–Crippen MR) is 115 cm³/mol. The van der Waals surface area contributed by atoms with Crippen LogP contribution < -0.4 is 5.32 Å². The second-order valence-electron chi connectivity index (χ2n) is 8.08. The van der Waals surface area contributed by atoms with E-state index in [4.69, 9.17) is 0 Å². The van der Waals surface area contributed by atoms with Crippen molar-refractivity contribution in [2.45, 2.75) is 37.7 Å². The third-order valence-corrected chi connectivity index (χ3v) is 6.05. The Kier molecular flexibility index (Phi) is 8.46. The molecule has 0 aromatic heterocycles. The number of carbonyl (C=O) groups is 1. The Morgan fingerprint density at radius 3 is 2.06 bits per heavy atom. The topological polar surface area (TPSA) is 32.3 Å². The van der Waals surface area contributed by atoms with Crippen molar-refractivity contribution >= 4 is 18.3 Å². The Bertz CT molecular complexity index is 916. The SMILES string of the molecule is C[C@H](c1cc(C(F)(F)F)cc(C(F)(F)F)c1)N(C)C(=O)[C@H]1CCNC[C@H]1c1ccccc1.Cl. The first kappa shape index (κ1) is 27.0. The summed E-state index contributed by atoms with van der Waals surface area (Å²) in [5, 5.41) is 3.25. The van der Waals surface area contributed by atoms with Crippen molar-refractivity contribution in [1.29, 1.82) is 0 Å². The van der Waals surface area contributed by atoms with Gasteiger partial charge in [0.05, 0.1) is 17.2 Å². The van der Waals surface area contributed by atoms with Gasteiger partial charge in [-0.25, -0.2) is 0 Å². The van der Waals surface area contributed by atoms with Crippen molar-refractivity contribution in [2.75, 3.05) is 20.1 Å². The Morgan fingerprint density at radius 1 is 1.00 bits per heavy atom. The summed E-state index contributed by atoms with van der Waals surface area (Å²) >= 11 is 0. The molecule has 1 saturated heterocycles. The lowest BCUT2D eigenvalue weighted by molar-refractivity contribution is -0.143. The molecule has 0 aliphatic carbocycles. The number of hydrogen-bond donors (Lipinski definition) is 1. The molecular weight excluding hydrogens is 470 g/mol. The van der Waals surface area contributed by atoms with Crippen molar-refractivity contribution in [2.24, 2.45) is 5.92 Å². The molecule has 1 amide bonds. The van der Waals surface area contributed by atoms with E-state index in [1.54, 1.807) is 0 Å². The number of nitrogens with one attached hydrogen (secondary N) is 1. The highest BCUT2D eigenvalue weighted by atomic mass is 35.5. The van der Waals surface area contributed by atoms with Gasteiger partial charge in [-0.05, 0) is 49.2 Å². The predicted octanol–water partition coefficient (Wildman–Crippen LogP) is 6.06. The molecule has 2 aromatic rings. The highest BCUT2D eigenvalue weighted by Gasteiger charge is 2.39. The van der Waals surface area contributed by atoms with Gasteiger partial charge in [-0.1, -0.05) is 30.3 Å². The molecule has 1 N–H and O–H groups in total. The number of carbonyl (C=O) groups excluding carboxylic acids is 1. The summed E-state index contributed by atoms with van der Waals surface area (Å²) in [4.78, 5) is 14.6. The van der Waals surface area contributed by atoms with Gasteiger partial charge in [0.2, 0.25) is 5.91 Å². The van der Waals surface area contributed by atoms with Gasteiger partial charge in [0, 0.05) is 25.4 Å². The van der Waals surface area contributed by atoms with Gasteiger partial charge in [-0.3, -0.25) is 4.79 Å². The number of halogens is 7. The molecule has 1 fully saturated rings. The van der Waals surface area contributed by atoms with Crippen LogP contribution in [-0.4, -0.2) is 30.9 Å². The second kappa shape index (κ2) is 10.3. The number of rotatable bonds is 4. The van der Waals surface area contributed by atoms with Crippen LogP contribution in [0.3, 0.4) is 0 Å². The summed E-state index contributed by atoms with van der Waals surface area (Å²) in [5.41, 5.74) is -2.04. The molecule has 10 heteroatoms.